The molecule has 6 heteroatoms. The Labute approximate surface area is 124 Å². The number of nitrogens with one attached hydrogen (secondary N) is 1. The topological polar surface area (TPSA) is 62.6 Å². The number of piperidine rings is 1. The van der Waals surface area contributed by atoms with Crippen LogP contribution < -0.4 is 0 Å². The predicted octanol–water partition coefficient (Wildman–Crippen LogP) is 1.80. The minimum absolute atomic E-state index is 0.567. The van der Waals surface area contributed by atoms with E-state index >= 15 is 0 Å². The number of aromatic nitrogens is 5. The standard InChI is InChI=1S/C15H22N6/c1-20-14(18-19-15(20)11-4-5-11)10-21-8-2-3-12(9-21)13-6-7-16-17-13/h6-7,11-12H,2-5,8-10H2,1H3,(H,16,17)/t12-/m0/s1. The third-order valence-electron chi connectivity index (χ3n) is 4.77. The highest BCUT2D eigenvalue weighted by Gasteiger charge is 2.30. The molecule has 1 N–H and O–H groups in total. The highest BCUT2D eigenvalue weighted by Crippen LogP contribution is 2.38. The van der Waals surface area contributed by atoms with Gasteiger partial charge in [-0.3, -0.25) is 10.00 Å². The van der Waals surface area contributed by atoms with Gasteiger partial charge in [0.1, 0.15) is 11.6 Å². The average molecular weight is 286 g/mol. The van der Waals surface area contributed by atoms with Crippen molar-refractivity contribution in [2.45, 2.75) is 44.1 Å². The molecule has 1 aliphatic heterocycles. The predicted molar refractivity (Wildman–Crippen MR) is 78.8 cm³/mol. The van der Waals surface area contributed by atoms with Gasteiger partial charge in [-0.1, -0.05) is 0 Å². The lowest BCUT2D eigenvalue weighted by Gasteiger charge is -2.31. The van der Waals surface area contributed by atoms with E-state index in [1.165, 1.54) is 37.2 Å². The van der Waals surface area contributed by atoms with Gasteiger partial charge in [-0.15, -0.1) is 10.2 Å². The molecule has 21 heavy (non-hydrogen) atoms. The molecule has 1 saturated carbocycles. The number of nitrogens with zero attached hydrogens (tertiary/aromatic N) is 5. The van der Waals surface area contributed by atoms with Crippen molar-refractivity contribution in [3.8, 4) is 0 Å². The fourth-order valence-corrected chi connectivity index (χ4v) is 3.36. The van der Waals surface area contributed by atoms with Gasteiger partial charge in [0.2, 0.25) is 0 Å². The number of likely N-dealkylation sites (tertiary alicyclic amines) is 1. The molecule has 4 rings (SSSR count). The molecular formula is C15H22N6. The highest BCUT2D eigenvalue weighted by atomic mass is 15.3. The lowest BCUT2D eigenvalue weighted by atomic mass is 9.95. The van der Waals surface area contributed by atoms with Gasteiger partial charge in [0, 0.05) is 37.3 Å². The Morgan fingerprint density at radius 1 is 1.24 bits per heavy atom. The van der Waals surface area contributed by atoms with Crippen molar-refractivity contribution in [2.75, 3.05) is 13.1 Å². The Kier molecular flexibility index (Phi) is 3.25. The van der Waals surface area contributed by atoms with Crippen LogP contribution in [0, 0.1) is 0 Å². The van der Waals surface area contributed by atoms with Crippen LogP contribution in [0.25, 0.3) is 0 Å². The van der Waals surface area contributed by atoms with Gasteiger partial charge in [0.25, 0.3) is 0 Å². The molecule has 1 atom stereocenters. The first-order valence-electron chi connectivity index (χ1n) is 7.91. The van der Waals surface area contributed by atoms with Gasteiger partial charge >= 0.3 is 0 Å². The summed E-state index contributed by atoms with van der Waals surface area (Å²) < 4.78 is 2.21. The van der Waals surface area contributed by atoms with E-state index in [1.54, 1.807) is 0 Å². The zero-order valence-corrected chi connectivity index (χ0v) is 12.5. The van der Waals surface area contributed by atoms with E-state index in [0.717, 1.165) is 25.5 Å². The van der Waals surface area contributed by atoms with Crippen molar-refractivity contribution in [3.05, 3.63) is 29.6 Å². The quantitative estimate of drug-likeness (QED) is 0.931. The summed E-state index contributed by atoms with van der Waals surface area (Å²) in [7, 11) is 2.11. The lowest BCUT2D eigenvalue weighted by molar-refractivity contribution is 0.192. The third kappa shape index (κ3) is 2.60. The Hall–Kier alpha value is -1.69. The summed E-state index contributed by atoms with van der Waals surface area (Å²) >= 11 is 0. The van der Waals surface area contributed by atoms with Gasteiger partial charge in [-0.05, 0) is 38.3 Å². The SMILES string of the molecule is Cn1c(CN2CCC[C@H](c3ccn[nH]3)C2)nnc1C1CC1. The molecule has 1 aliphatic carbocycles. The van der Waals surface area contributed by atoms with E-state index in [-0.39, 0.29) is 0 Å². The highest BCUT2D eigenvalue weighted by molar-refractivity contribution is 5.09. The van der Waals surface area contributed by atoms with Crippen LogP contribution in [-0.4, -0.2) is 43.0 Å². The Morgan fingerprint density at radius 2 is 2.14 bits per heavy atom. The summed E-state index contributed by atoms with van der Waals surface area (Å²) in [6.07, 6.45) is 6.87. The second-order valence-corrected chi connectivity index (χ2v) is 6.39. The number of hydrogen-bond acceptors (Lipinski definition) is 4. The molecule has 0 spiro atoms. The van der Waals surface area contributed by atoms with Crippen molar-refractivity contribution in [2.24, 2.45) is 7.05 Å². The second kappa shape index (κ2) is 5.26. The lowest BCUT2D eigenvalue weighted by Crippen LogP contribution is -2.34. The van der Waals surface area contributed by atoms with Crippen molar-refractivity contribution in [1.29, 1.82) is 0 Å². The van der Waals surface area contributed by atoms with Gasteiger partial charge in [-0.25, -0.2) is 0 Å². The minimum Gasteiger partial charge on any atom is -0.317 e. The smallest absolute Gasteiger partial charge is 0.146 e. The first kappa shape index (κ1) is 13.0. The van der Waals surface area contributed by atoms with Gasteiger partial charge in [0.05, 0.1) is 6.54 Å². The zero-order chi connectivity index (χ0) is 14.2. The minimum atomic E-state index is 0.567. The first-order chi connectivity index (χ1) is 10.3. The molecule has 6 nitrogen and oxygen atoms in total. The maximum absolute atomic E-state index is 4.41. The third-order valence-corrected chi connectivity index (χ3v) is 4.77. The number of H-pyrrole nitrogens is 1. The van der Waals surface area contributed by atoms with Crippen LogP contribution in [0.2, 0.25) is 0 Å². The van der Waals surface area contributed by atoms with Crippen LogP contribution >= 0.6 is 0 Å². The number of rotatable bonds is 4. The van der Waals surface area contributed by atoms with Crippen molar-refractivity contribution in [3.63, 3.8) is 0 Å². The Balaban J connectivity index is 1.44. The number of aromatic amines is 1. The fraction of sp³-hybridized carbons (Fsp3) is 0.667. The van der Waals surface area contributed by atoms with E-state index < -0.39 is 0 Å². The van der Waals surface area contributed by atoms with Crippen molar-refractivity contribution >= 4 is 0 Å². The van der Waals surface area contributed by atoms with Crippen LogP contribution in [0.4, 0.5) is 0 Å². The summed E-state index contributed by atoms with van der Waals surface area (Å²) in [5.41, 5.74) is 1.26. The van der Waals surface area contributed by atoms with Crippen LogP contribution in [0.15, 0.2) is 12.3 Å². The van der Waals surface area contributed by atoms with Crippen LogP contribution in [0.5, 0.6) is 0 Å². The largest absolute Gasteiger partial charge is 0.317 e. The molecule has 2 aliphatic rings. The van der Waals surface area contributed by atoms with Crippen molar-refractivity contribution in [1.82, 2.24) is 29.9 Å². The summed E-state index contributed by atoms with van der Waals surface area (Å²) in [5.74, 6) is 3.50. The van der Waals surface area contributed by atoms with Crippen molar-refractivity contribution < 1.29 is 0 Å². The Morgan fingerprint density at radius 3 is 2.90 bits per heavy atom. The molecule has 2 aromatic rings. The molecular weight excluding hydrogens is 264 g/mol. The van der Waals surface area contributed by atoms with Gasteiger partial charge in [-0.2, -0.15) is 5.10 Å². The molecule has 0 unspecified atom stereocenters. The summed E-state index contributed by atoms with van der Waals surface area (Å²) in [5, 5.41) is 16.0. The fourth-order valence-electron chi connectivity index (χ4n) is 3.36. The molecule has 2 fully saturated rings. The monoisotopic (exact) mass is 286 g/mol. The van der Waals surface area contributed by atoms with E-state index in [2.05, 4.69) is 43.0 Å². The molecule has 112 valence electrons. The van der Waals surface area contributed by atoms with Gasteiger partial charge < -0.3 is 4.57 Å². The number of hydrogen-bond donors (Lipinski definition) is 1. The van der Waals surface area contributed by atoms with Crippen LogP contribution in [-0.2, 0) is 13.6 Å². The molecule has 1 saturated heterocycles. The molecule has 3 heterocycles. The molecule has 2 aromatic heterocycles. The normalized spacial score (nSPS) is 23.6. The zero-order valence-electron chi connectivity index (χ0n) is 12.5. The van der Waals surface area contributed by atoms with E-state index in [1.807, 2.05) is 6.20 Å². The molecule has 0 amide bonds. The van der Waals surface area contributed by atoms with Gasteiger partial charge in [0.15, 0.2) is 0 Å². The molecule has 0 bridgehead atoms. The first-order valence-corrected chi connectivity index (χ1v) is 7.91. The Bertz CT molecular complexity index is 598. The van der Waals surface area contributed by atoms with E-state index in [9.17, 15) is 0 Å². The van der Waals surface area contributed by atoms with Crippen LogP contribution in [0.3, 0.4) is 0 Å². The molecule has 0 aromatic carbocycles. The van der Waals surface area contributed by atoms with Crippen LogP contribution in [0.1, 0.15) is 54.9 Å². The second-order valence-electron chi connectivity index (χ2n) is 6.39. The molecule has 0 radical (unpaired) electrons. The summed E-state index contributed by atoms with van der Waals surface area (Å²) in [6.45, 7) is 3.13. The summed E-state index contributed by atoms with van der Waals surface area (Å²) in [4.78, 5) is 2.50. The van der Waals surface area contributed by atoms with E-state index in [4.69, 9.17) is 0 Å². The maximum atomic E-state index is 4.41. The summed E-state index contributed by atoms with van der Waals surface area (Å²) in [6, 6.07) is 2.10. The maximum Gasteiger partial charge on any atom is 0.146 e. The van der Waals surface area contributed by atoms with E-state index in [0.29, 0.717) is 11.8 Å². The average Bonchev–Trinajstić information content (AvgIpc) is 3.07.